The zero-order valence-electron chi connectivity index (χ0n) is 13.9. The molecule has 3 rings (SSSR count). The van der Waals surface area contributed by atoms with Crippen molar-refractivity contribution >= 4 is 5.69 Å². The summed E-state index contributed by atoms with van der Waals surface area (Å²) in [6, 6.07) is 14.8. The van der Waals surface area contributed by atoms with Gasteiger partial charge in [0.05, 0.1) is 17.6 Å². The first-order valence-corrected chi connectivity index (χ1v) is 7.84. The third kappa shape index (κ3) is 3.54. The molecule has 0 amide bonds. The van der Waals surface area contributed by atoms with Gasteiger partial charge in [-0.3, -0.25) is 10.1 Å². The zero-order chi connectivity index (χ0) is 18.7. The van der Waals surface area contributed by atoms with Crippen LogP contribution in [0.2, 0.25) is 0 Å². The molecular formula is C20H15F2NO3. The van der Waals surface area contributed by atoms with E-state index in [-0.39, 0.29) is 29.2 Å². The second-order valence-corrected chi connectivity index (χ2v) is 5.73. The monoisotopic (exact) mass is 355 g/mol. The molecule has 0 aromatic heterocycles. The molecule has 0 fully saturated rings. The van der Waals surface area contributed by atoms with E-state index in [1.54, 1.807) is 30.3 Å². The van der Waals surface area contributed by atoms with Crippen LogP contribution in [0.25, 0.3) is 11.1 Å². The average Bonchev–Trinajstić information content (AvgIpc) is 2.65. The van der Waals surface area contributed by atoms with E-state index in [0.29, 0.717) is 11.1 Å². The number of hydrogen-bond donors (Lipinski definition) is 0. The maximum absolute atomic E-state index is 15.2. The molecule has 0 aliphatic rings. The van der Waals surface area contributed by atoms with Crippen molar-refractivity contribution in [3.63, 3.8) is 0 Å². The van der Waals surface area contributed by atoms with Crippen molar-refractivity contribution in [3.8, 4) is 16.9 Å². The SMILES string of the molecule is COc1ccc(Cc2ccc(F)cc2)c(F)c1-c1cccc([N+](=O)[O-])c1. The summed E-state index contributed by atoms with van der Waals surface area (Å²) in [5.41, 5.74) is 1.53. The molecule has 3 aromatic rings. The van der Waals surface area contributed by atoms with Gasteiger partial charge in [-0.2, -0.15) is 0 Å². The molecule has 0 bridgehead atoms. The maximum atomic E-state index is 15.2. The molecule has 6 heteroatoms. The van der Waals surface area contributed by atoms with Crippen molar-refractivity contribution in [1.82, 2.24) is 0 Å². The summed E-state index contributed by atoms with van der Waals surface area (Å²) in [5, 5.41) is 11.0. The number of benzene rings is 3. The third-order valence-corrected chi connectivity index (χ3v) is 4.06. The van der Waals surface area contributed by atoms with Gasteiger partial charge in [-0.1, -0.05) is 30.3 Å². The van der Waals surface area contributed by atoms with Crippen LogP contribution in [-0.2, 0) is 6.42 Å². The number of nitrogens with zero attached hydrogens (tertiary/aromatic N) is 1. The predicted octanol–water partition coefficient (Wildman–Crippen LogP) is 5.14. The van der Waals surface area contributed by atoms with E-state index in [2.05, 4.69) is 0 Å². The van der Waals surface area contributed by atoms with E-state index in [9.17, 15) is 14.5 Å². The Morgan fingerprint density at radius 3 is 2.42 bits per heavy atom. The average molecular weight is 355 g/mol. The molecule has 0 atom stereocenters. The summed E-state index contributed by atoms with van der Waals surface area (Å²) < 4.78 is 33.5. The van der Waals surface area contributed by atoms with Crippen molar-refractivity contribution in [3.05, 3.63) is 93.5 Å². The quantitative estimate of drug-likeness (QED) is 0.470. The first-order valence-electron chi connectivity index (χ1n) is 7.84. The van der Waals surface area contributed by atoms with E-state index in [1.807, 2.05) is 0 Å². The van der Waals surface area contributed by atoms with Crippen LogP contribution < -0.4 is 4.74 Å². The van der Waals surface area contributed by atoms with Crippen LogP contribution in [0.3, 0.4) is 0 Å². The van der Waals surface area contributed by atoms with Crippen LogP contribution in [-0.4, -0.2) is 12.0 Å². The molecule has 0 aliphatic carbocycles. The Morgan fingerprint density at radius 2 is 1.77 bits per heavy atom. The lowest BCUT2D eigenvalue weighted by Crippen LogP contribution is -1.99. The van der Waals surface area contributed by atoms with Crippen LogP contribution in [0, 0.1) is 21.7 Å². The van der Waals surface area contributed by atoms with Gasteiger partial charge in [0, 0.05) is 18.6 Å². The first-order chi connectivity index (χ1) is 12.5. The summed E-state index contributed by atoms with van der Waals surface area (Å²) in [5.74, 6) is -0.596. The highest BCUT2D eigenvalue weighted by atomic mass is 19.1. The van der Waals surface area contributed by atoms with E-state index in [0.717, 1.165) is 5.56 Å². The second kappa shape index (κ2) is 7.31. The van der Waals surface area contributed by atoms with Gasteiger partial charge in [-0.25, -0.2) is 8.78 Å². The number of ether oxygens (including phenoxy) is 1. The topological polar surface area (TPSA) is 52.4 Å². The normalized spacial score (nSPS) is 10.6. The number of nitro groups is 1. The smallest absolute Gasteiger partial charge is 0.270 e. The molecule has 0 heterocycles. The summed E-state index contributed by atoms with van der Waals surface area (Å²) in [6.45, 7) is 0. The third-order valence-electron chi connectivity index (χ3n) is 4.06. The molecule has 0 saturated heterocycles. The lowest BCUT2D eigenvalue weighted by Gasteiger charge is -2.13. The Hall–Kier alpha value is -3.28. The second-order valence-electron chi connectivity index (χ2n) is 5.73. The number of rotatable bonds is 5. The largest absolute Gasteiger partial charge is 0.496 e. The van der Waals surface area contributed by atoms with Crippen molar-refractivity contribution in [1.29, 1.82) is 0 Å². The molecule has 0 spiro atoms. The van der Waals surface area contributed by atoms with E-state index >= 15 is 4.39 Å². The minimum atomic E-state index is -0.532. The van der Waals surface area contributed by atoms with Gasteiger partial charge in [0.25, 0.3) is 5.69 Å². The van der Waals surface area contributed by atoms with Gasteiger partial charge in [-0.15, -0.1) is 0 Å². The standard InChI is InChI=1S/C20H15F2NO3/c1-26-18-10-7-15(11-13-5-8-16(21)9-6-13)20(22)19(18)14-3-2-4-17(12-14)23(24)25/h2-10,12H,11H2,1H3. The van der Waals surface area contributed by atoms with Gasteiger partial charge in [0.1, 0.15) is 17.4 Å². The summed E-state index contributed by atoms with van der Waals surface area (Å²) in [7, 11) is 1.41. The van der Waals surface area contributed by atoms with E-state index in [1.165, 1.54) is 37.4 Å². The lowest BCUT2D eigenvalue weighted by atomic mass is 9.97. The van der Waals surface area contributed by atoms with Gasteiger partial charge < -0.3 is 4.74 Å². The first kappa shape index (κ1) is 17.5. The van der Waals surface area contributed by atoms with Crippen molar-refractivity contribution in [2.45, 2.75) is 6.42 Å². The minimum absolute atomic E-state index is 0.132. The number of non-ortho nitro benzene ring substituents is 1. The lowest BCUT2D eigenvalue weighted by molar-refractivity contribution is -0.384. The predicted molar refractivity (Wildman–Crippen MR) is 94.2 cm³/mol. The Bertz CT molecular complexity index is 956. The van der Waals surface area contributed by atoms with Gasteiger partial charge in [0.2, 0.25) is 0 Å². The molecular weight excluding hydrogens is 340 g/mol. The van der Waals surface area contributed by atoms with Crippen LogP contribution >= 0.6 is 0 Å². The highest BCUT2D eigenvalue weighted by Gasteiger charge is 2.18. The molecule has 0 unspecified atom stereocenters. The van der Waals surface area contributed by atoms with Crippen LogP contribution in [0.4, 0.5) is 14.5 Å². The highest BCUT2D eigenvalue weighted by molar-refractivity contribution is 5.74. The Morgan fingerprint density at radius 1 is 1.04 bits per heavy atom. The zero-order valence-corrected chi connectivity index (χ0v) is 13.9. The molecule has 0 saturated carbocycles. The van der Waals surface area contributed by atoms with Crippen molar-refractivity contribution < 1.29 is 18.4 Å². The Labute approximate surface area is 148 Å². The molecule has 0 radical (unpaired) electrons. The maximum Gasteiger partial charge on any atom is 0.270 e. The molecule has 26 heavy (non-hydrogen) atoms. The summed E-state index contributed by atoms with van der Waals surface area (Å²) >= 11 is 0. The molecule has 0 N–H and O–H groups in total. The Balaban J connectivity index is 2.08. The molecule has 3 aromatic carbocycles. The minimum Gasteiger partial charge on any atom is -0.496 e. The summed E-state index contributed by atoms with van der Waals surface area (Å²) in [4.78, 5) is 10.5. The Kier molecular flexibility index (Phi) is 4.93. The van der Waals surface area contributed by atoms with Crippen LogP contribution in [0.15, 0.2) is 60.7 Å². The van der Waals surface area contributed by atoms with Crippen molar-refractivity contribution in [2.75, 3.05) is 7.11 Å². The molecule has 4 nitrogen and oxygen atoms in total. The van der Waals surface area contributed by atoms with Gasteiger partial charge in [-0.05, 0) is 34.9 Å². The highest BCUT2D eigenvalue weighted by Crippen LogP contribution is 2.36. The molecule has 132 valence electrons. The van der Waals surface area contributed by atoms with Gasteiger partial charge in [0.15, 0.2) is 0 Å². The van der Waals surface area contributed by atoms with Crippen LogP contribution in [0.1, 0.15) is 11.1 Å². The fourth-order valence-electron chi connectivity index (χ4n) is 2.77. The fraction of sp³-hybridized carbons (Fsp3) is 0.100. The fourth-order valence-corrected chi connectivity index (χ4v) is 2.77. The number of nitro benzene ring substituents is 1. The van der Waals surface area contributed by atoms with Crippen molar-refractivity contribution in [2.24, 2.45) is 0 Å². The van der Waals surface area contributed by atoms with E-state index < -0.39 is 10.7 Å². The van der Waals surface area contributed by atoms with E-state index in [4.69, 9.17) is 4.74 Å². The van der Waals surface area contributed by atoms with Crippen LogP contribution in [0.5, 0.6) is 5.75 Å². The number of hydrogen-bond acceptors (Lipinski definition) is 3. The summed E-state index contributed by atoms with van der Waals surface area (Å²) in [6.07, 6.45) is 0.262. The van der Waals surface area contributed by atoms with Gasteiger partial charge >= 0.3 is 0 Å². The molecule has 0 aliphatic heterocycles. The number of halogens is 2. The number of methoxy groups -OCH3 is 1.